The van der Waals surface area contributed by atoms with E-state index in [1.54, 1.807) is 11.6 Å². The highest BCUT2D eigenvalue weighted by Crippen LogP contribution is 2.19. The molecule has 1 rings (SSSR count). The molecule has 1 aromatic carbocycles. The highest BCUT2D eigenvalue weighted by Gasteiger charge is 2.03. The molecule has 0 saturated carbocycles. The Morgan fingerprint density at radius 1 is 1.00 bits per heavy atom. The Hall–Kier alpha value is -1.04. The van der Waals surface area contributed by atoms with Gasteiger partial charge in [-0.3, -0.25) is 0 Å². The van der Waals surface area contributed by atoms with E-state index in [2.05, 4.69) is 32.9 Å². The van der Waals surface area contributed by atoms with Gasteiger partial charge in [-0.15, -0.1) is 0 Å². The summed E-state index contributed by atoms with van der Waals surface area (Å²) in [4.78, 5) is 0. The first-order valence-corrected chi connectivity index (χ1v) is 6.25. The molecular weight excluding hydrogens is 192 g/mol. The Morgan fingerprint density at radius 2 is 1.62 bits per heavy atom. The van der Waals surface area contributed by atoms with Gasteiger partial charge in [0.15, 0.2) is 0 Å². The lowest BCUT2D eigenvalue weighted by atomic mass is 9.95. The molecule has 0 nitrogen and oxygen atoms in total. The van der Waals surface area contributed by atoms with E-state index in [-0.39, 0.29) is 0 Å². The number of hydrogen-bond acceptors (Lipinski definition) is 0. The summed E-state index contributed by atoms with van der Waals surface area (Å²) < 4.78 is 0. The fourth-order valence-electron chi connectivity index (χ4n) is 2.34. The van der Waals surface area contributed by atoms with Crippen molar-refractivity contribution in [1.29, 1.82) is 0 Å². The monoisotopic (exact) mass is 215 g/mol. The second kappa shape index (κ2) is 6.52. The lowest BCUT2D eigenvalue weighted by Crippen LogP contribution is -1.95. The van der Waals surface area contributed by atoms with Gasteiger partial charge in [-0.25, -0.2) is 0 Å². The van der Waals surface area contributed by atoms with E-state index in [9.17, 15) is 0 Å². The van der Waals surface area contributed by atoms with Crippen LogP contribution in [0.2, 0.25) is 0 Å². The van der Waals surface area contributed by atoms with E-state index < -0.39 is 0 Å². The van der Waals surface area contributed by atoms with E-state index in [1.165, 1.54) is 42.4 Å². The minimum atomic E-state index is 1.05. The maximum absolute atomic E-state index is 5.36. The van der Waals surface area contributed by atoms with Crippen LogP contribution in [0.15, 0.2) is 18.2 Å². The number of allylic oxidation sites excluding steroid dienone is 1. The molecule has 0 fully saturated rings. The molecule has 0 aromatic heterocycles. The smallest absolute Gasteiger partial charge is 0.0274 e. The topological polar surface area (TPSA) is 0 Å². The largest absolute Gasteiger partial charge is 0.0845 e. The van der Waals surface area contributed by atoms with Crippen molar-refractivity contribution in [2.45, 2.75) is 52.9 Å². The number of hydrogen-bond donors (Lipinski definition) is 0. The molecule has 0 aliphatic carbocycles. The van der Waals surface area contributed by atoms with Gasteiger partial charge in [0.2, 0.25) is 0 Å². The average molecular weight is 215 g/mol. The van der Waals surface area contributed by atoms with Crippen LogP contribution in [0.1, 0.15) is 47.9 Å². The molecule has 1 radical (unpaired) electrons. The Kier molecular flexibility index (Phi) is 5.31. The SMILES string of the molecule is [CH]=CCCCCCc1c(C)cc(C)cc1C. The predicted octanol–water partition coefficient (Wildman–Crippen LogP) is 4.70. The van der Waals surface area contributed by atoms with Crippen LogP contribution in [0.4, 0.5) is 0 Å². The average Bonchev–Trinajstić information content (AvgIpc) is 2.20. The zero-order valence-corrected chi connectivity index (χ0v) is 10.8. The fraction of sp³-hybridized carbons (Fsp3) is 0.500. The van der Waals surface area contributed by atoms with Gasteiger partial charge in [-0.05, 0) is 63.1 Å². The normalized spacial score (nSPS) is 10.4. The van der Waals surface area contributed by atoms with Gasteiger partial charge in [0.05, 0.1) is 0 Å². The quantitative estimate of drug-likeness (QED) is 0.603. The molecule has 0 N–H and O–H groups in total. The van der Waals surface area contributed by atoms with Crippen LogP contribution in [-0.4, -0.2) is 0 Å². The molecule has 0 aliphatic heterocycles. The van der Waals surface area contributed by atoms with Crippen LogP contribution >= 0.6 is 0 Å². The van der Waals surface area contributed by atoms with Gasteiger partial charge in [-0.1, -0.05) is 36.8 Å². The Bertz CT molecular complexity index is 324. The van der Waals surface area contributed by atoms with Crippen LogP contribution in [0.5, 0.6) is 0 Å². The highest BCUT2D eigenvalue weighted by molar-refractivity contribution is 5.37. The molecule has 0 spiro atoms. The van der Waals surface area contributed by atoms with Crippen LogP contribution in [0, 0.1) is 27.4 Å². The van der Waals surface area contributed by atoms with Gasteiger partial charge in [-0.2, -0.15) is 0 Å². The maximum Gasteiger partial charge on any atom is -0.0274 e. The van der Waals surface area contributed by atoms with Crippen LogP contribution in [-0.2, 0) is 6.42 Å². The lowest BCUT2D eigenvalue weighted by Gasteiger charge is -2.11. The molecule has 0 heteroatoms. The van der Waals surface area contributed by atoms with Crippen molar-refractivity contribution in [2.75, 3.05) is 0 Å². The first-order chi connectivity index (χ1) is 7.65. The summed E-state index contributed by atoms with van der Waals surface area (Å²) in [6.45, 7) is 12.0. The third kappa shape index (κ3) is 3.84. The molecule has 0 bridgehead atoms. The van der Waals surface area contributed by atoms with Crippen molar-refractivity contribution in [1.82, 2.24) is 0 Å². The maximum atomic E-state index is 5.36. The molecule has 16 heavy (non-hydrogen) atoms. The number of benzene rings is 1. The Balaban J connectivity index is 2.50. The second-order valence-corrected chi connectivity index (χ2v) is 4.71. The van der Waals surface area contributed by atoms with Crippen molar-refractivity contribution in [3.8, 4) is 0 Å². The van der Waals surface area contributed by atoms with Gasteiger partial charge >= 0.3 is 0 Å². The molecule has 87 valence electrons. The van der Waals surface area contributed by atoms with Crippen LogP contribution in [0.3, 0.4) is 0 Å². The summed E-state index contributed by atoms with van der Waals surface area (Å²) in [5.74, 6) is 0. The van der Waals surface area contributed by atoms with E-state index in [0.717, 1.165) is 6.42 Å². The first-order valence-electron chi connectivity index (χ1n) is 6.25. The van der Waals surface area contributed by atoms with E-state index in [1.807, 2.05) is 0 Å². The zero-order chi connectivity index (χ0) is 12.0. The summed E-state index contributed by atoms with van der Waals surface area (Å²) >= 11 is 0. The number of aryl methyl sites for hydroxylation is 3. The summed E-state index contributed by atoms with van der Waals surface area (Å²) in [6.07, 6.45) is 7.80. The van der Waals surface area contributed by atoms with Crippen LogP contribution < -0.4 is 0 Å². The minimum Gasteiger partial charge on any atom is -0.0845 e. The minimum absolute atomic E-state index is 1.05. The lowest BCUT2D eigenvalue weighted by molar-refractivity contribution is 0.684. The van der Waals surface area contributed by atoms with Gasteiger partial charge < -0.3 is 0 Å². The number of rotatable bonds is 6. The molecule has 0 atom stereocenters. The third-order valence-corrected chi connectivity index (χ3v) is 3.14. The molecule has 0 unspecified atom stereocenters. The van der Waals surface area contributed by atoms with Gasteiger partial charge in [0.25, 0.3) is 0 Å². The standard InChI is InChI=1S/C16H23/c1-5-6-7-8-9-10-16-14(3)11-13(2)12-15(16)4/h1,5,11-12H,6-10H2,2-4H3. The predicted molar refractivity (Wildman–Crippen MR) is 71.7 cm³/mol. The summed E-state index contributed by atoms with van der Waals surface area (Å²) in [5, 5.41) is 0. The van der Waals surface area contributed by atoms with Gasteiger partial charge in [0, 0.05) is 0 Å². The molecule has 0 aliphatic rings. The van der Waals surface area contributed by atoms with Crippen molar-refractivity contribution in [3.05, 3.63) is 47.0 Å². The third-order valence-electron chi connectivity index (χ3n) is 3.14. The molecule has 0 saturated heterocycles. The number of unbranched alkanes of at least 4 members (excludes halogenated alkanes) is 3. The Labute approximate surface area is 100 Å². The molecule has 0 heterocycles. The summed E-state index contributed by atoms with van der Waals surface area (Å²) in [6, 6.07) is 4.58. The van der Waals surface area contributed by atoms with Gasteiger partial charge in [0.1, 0.15) is 0 Å². The molecular formula is C16H23. The molecule has 0 amide bonds. The van der Waals surface area contributed by atoms with E-state index >= 15 is 0 Å². The van der Waals surface area contributed by atoms with Crippen molar-refractivity contribution in [3.63, 3.8) is 0 Å². The van der Waals surface area contributed by atoms with Crippen molar-refractivity contribution >= 4 is 0 Å². The first kappa shape index (κ1) is 13.0. The fourth-order valence-corrected chi connectivity index (χ4v) is 2.34. The highest BCUT2D eigenvalue weighted by atomic mass is 14.1. The molecule has 1 aromatic rings. The van der Waals surface area contributed by atoms with E-state index in [4.69, 9.17) is 6.58 Å². The summed E-state index contributed by atoms with van der Waals surface area (Å²) in [5.41, 5.74) is 5.81. The van der Waals surface area contributed by atoms with Crippen LogP contribution in [0.25, 0.3) is 0 Å². The Morgan fingerprint density at radius 3 is 2.19 bits per heavy atom. The van der Waals surface area contributed by atoms with Crippen molar-refractivity contribution < 1.29 is 0 Å². The summed E-state index contributed by atoms with van der Waals surface area (Å²) in [7, 11) is 0. The zero-order valence-electron chi connectivity index (χ0n) is 10.8. The van der Waals surface area contributed by atoms with Crippen molar-refractivity contribution in [2.24, 2.45) is 0 Å². The second-order valence-electron chi connectivity index (χ2n) is 4.71. The van der Waals surface area contributed by atoms with E-state index in [0.29, 0.717) is 0 Å².